The number of hydrogen-bond acceptors (Lipinski definition) is 4. The van der Waals surface area contributed by atoms with Crippen molar-refractivity contribution in [1.82, 2.24) is 10.0 Å². The van der Waals surface area contributed by atoms with E-state index in [0.29, 0.717) is 12.1 Å². The van der Waals surface area contributed by atoms with Gasteiger partial charge in [-0.1, -0.05) is 25.0 Å². The minimum atomic E-state index is 0.573. The van der Waals surface area contributed by atoms with Crippen molar-refractivity contribution in [2.24, 2.45) is 5.92 Å². The third-order valence-electron chi connectivity index (χ3n) is 5.17. The molecule has 1 aliphatic heterocycles. The summed E-state index contributed by atoms with van der Waals surface area (Å²) in [5.74, 6) is 0.867. The zero-order chi connectivity index (χ0) is 14.9. The molecule has 2 aromatic rings. The quantitative estimate of drug-likeness (QED) is 0.834. The minimum absolute atomic E-state index is 0.573. The Hall–Kier alpha value is -0.970. The molecule has 0 amide bonds. The lowest BCUT2D eigenvalue weighted by molar-refractivity contribution is -0.195. The normalized spacial score (nSPS) is 29.0. The number of nitrogens with zero attached hydrogens (tertiary/aromatic N) is 2. The van der Waals surface area contributed by atoms with Crippen LogP contribution in [0.1, 0.15) is 44.0 Å². The fourth-order valence-corrected chi connectivity index (χ4v) is 5.10. The lowest BCUT2D eigenvalue weighted by Crippen LogP contribution is -2.38. The minimum Gasteiger partial charge on any atom is -0.298 e. The Morgan fingerprint density at radius 3 is 3.05 bits per heavy atom. The van der Waals surface area contributed by atoms with E-state index in [0.717, 1.165) is 24.5 Å². The average molecular weight is 316 g/mol. The van der Waals surface area contributed by atoms with Gasteiger partial charge in [0.2, 0.25) is 0 Å². The Balaban J connectivity index is 1.36. The number of fused-ring (bicyclic) bond motifs is 2. The van der Waals surface area contributed by atoms with Crippen molar-refractivity contribution in [3.05, 3.63) is 29.3 Å². The Morgan fingerprint density at radius 1 is 1.27 bits per heavy atom. The molecule has 1 aromatic carbocycles. The second kappa shape index (κ2) is 6.26. The van der Waals surface area contributed by atoms with Crippen LogP contribution in [-0.2, 0) is 11.3 Å². The molecule has 3 atom stereocenters. The highest BCUT2D eigenvalue weighted by atomic mass is 32.1. The lowest BCUT2D eigenvalue weighted by atomic mass is 9.85. The van der Waals surface area contributed by atoms with Crippen molar-refractivity contribution < 1.29 is 4.84 Å². The molecule has 3 unspecified atom stereocenters. The SMILES string of the molecule is CC1CC2CCCCC2N1OCCc1nc2ccccc2s1. The van der Waals surface area contributed by atoms with Gasteiger partial charge in [-0.05, 0) is 44.2 Å². The molecule has 2 fully saturated rings. The summed E-state index contributed by atoms with van der Waals surface area (Å²) in [6, 6.07) is 9.60. The van der Waals surface area contributed by atoms with Crippen LogP contribution in [0.15, 0.2) is 24.3 Å². The highest BCUT2D eigenvalue weighted by Gasteiger charge is 2.40. The predicted molar refractivity (Wildman–Crippen MR) is 90.9 cm³/mol. The van der Waals surface area contributed by atoms with Gasteiger partial charge in [0.15, 0.2) is 0 Å². The second-order valence-corrected chi connectivity index (χ2v) is 7.83. The topological polar surface area (TPSA) is 25.4 Å². The van der Waals surface area contributed by atoms with Gasteiger partial charge in [0, 0.05) is 18.5 Å². The Labute approximate surface area is 136 Å². The summed E-state index contributed by atoms with van der Waals surface area (Å²) in [5.41, 5.74) is 1.12. The predicted octanol–water partition coefficient (Wildman–Crippen LogP) is 4.42. The summed E-state index contributed by atoms with van der Waals surface area (Å²) in [4.78, 5) is 10.9. The van der Waals surface area contributed by atoms with E-state index >= 15 is 0 Å². The van der Waals surface area contributed by atoms with E-state index in [1.165, 1.54) is 41.8 Å². The maximum absolute atomic E-state index is 6.18. The van der Waals surface area contributed by atoms with Gasteiger partial charge in [0.05, 0.1) is 21.8 Å². The maximum Gasteiger partial charge on any atom is 0.0962 e. The lowest BCUT2D eigenvalue weighted by Gasteiger charge is -2.32. The molecular formula is C18H24N2OS. The van der Waals surface area contributed by atoms with Gasteiger partial charge in [0.1, 0.15) is 0 Å². The smallest absolute Gasteiger partial charge is 0.0962 e. The zero-order valence-electron chi connectivity index (χ0n) is 13.2. The van der Waals surface area contributed by atoms with Crippen molar-refractivity contribution >= 4 is 21.6 Å². The van der Waals surface area contributed by atoms with Gasteiger partial charge in [-0.3, -0.25) is 4.84 Å². The standard InChI is InChI=1S/C18H24N2OS/c1-13-12-14-6-2-4-8-16(14)20(13)21-11-10-18-19-15-7-3-5-9-17(15)22-18/h3,5,7,9,13-14,16H,2,4,6,8,10-12H2,1H3. The third-order valence-corrected chi connectivity index (χ3v) is 6.26. The molecule has 118 valence electrons. The Kier molecular flexibility index (Phi) is 4.16. The first-order chi connectivity index (χ1) is 10.8. The number of benzene rings is 1. The van der Waals surface area contributed by atoms with Crippen molar-refractivity contribution in [3.8, 4) is 0 Å². The van der Waals surface area contributed by atoms with Gasteiger partial charge in [-0.15, -0.1) is 11.3 Å². The Bertz CT molecular complexity index is 608. The molecule has 1 saturated carbocycles. The number of hydrogen-bond donors (Lipinski definition) is 0. The summed E-state index contributed by atoms with van der Waals surface area (Å²) in [6.07, 6.45) is 7.72. The summed E-state index contributed by atoms with van der Waals surface area (Å²) < 4.78 is 1.28. The first-order valence-corrected chi connectivity index (χ1v) is 9.38. The van der Waals surface area contributed by atoms with E-state index in [1.54, 1.807) is 11.3 Å². The molecule has 1 aromatic heterocycles. The van der Waals surface area contributed by atoms with Crippen LogP contribution in [-0.4, -0.2) is 28.7 Å². The molecule has 2 aliphatic rings. The van der Waals surface area contributed by atoms with Crippen LogP contribution < -0.4 is 0 Å². The molecule has 1 aliphatic carbocycles. The summed E-state index contributed by atoms with van der Waals surface area (Å²) in [7, 11) is 0. The fourth-order valence-electron chi connectivity index (χ4n) is 4.16. The number of thiazole rings is 1. The van der Waals surface area contributed by atoms with Crippen LogP contribution in [0.5, 0.6) is 0 Å². The number of rotatable bonds is 4. The monoisotopic (exact) mass is 316 g/mol. The van der Waals surface area contributed by atoms with Crippen molar-refractivity contribution in [3.63, 3.8) is 0 Å². The molecule has 22 heavy (non-hydrogen) atoms. The average Bonchev–Trinajstić information content (AvgIpc) is 3.08. The van der Waals surface area contributed by atoms with E-state index in [9.17, 15) is 0 Å². The van der Waals surface area contributed by atoms with E-state index < -0.39 is 0 Å². The van der Waals surface area contributed by atoms with Crippen LogP contribution in [0.3, 0.4) is 0 Å². The first-order valence-electron chi connectivity index (χ1n) is 8.57. The van der Waals surface area contributed by atoms with Crippen molar-refractivity contribution in [1.29, 1.82) is 0 Å². The summed E-state index contributed by atoms with van der Waals surface area (Å²) >= 11 is 1.79. The van der Waals surface area contributed by atoms with Crippen molar-refractivity contribution in [2.45, 2.75) is 57.5 Å². The second-order valence-electron chi connectivity index (χ2n) is 6.72. The summed E-state index contributed by atoms with van der Waals surface area (Å²) in [6.45, 7) is 3.07. The van der Waals surface area contributed by atoms with Crippen LogP contribution in [0.25, 0.3) is 10.2 Å². The van der Waals surface area contributed by atoms with Gasteiger partial charge < -0.3 is 0 Å². The van der Waals surface area contributed by atoms with Gasteiger partial charge in [-0.2, -0.15) is 5.06 Å². The zero-order valence-corrected chi connectivity index (χ0v) is 14.0. The van der Waals surface area contributed by atoms with Gasteiger partial charge in [0.25, 0.3) is 0 Å². The number of para-hydroxylation sites is 1. The number of hydroxylamine groups is 2. The molecule has 3 nitrogen and oxygen atoms in total. The molecule has 0 bridgehead atoms. The Morgan fingerprint density at radius 2 is 2.14 bits per heavy atom. The molecule has 4 rings (SSSR count). The van der Waals surface area contributed by atoms with Crippen LogP contribution in [0, 0.1) is 5.92 Å². The van der Waals surface area contributed by atoms with Crippen LogP contribution in [0.4, 0.5) is 0 Å². The highest BCUT2D eigenvalue weighted by Crippen LogP contribution is 2.39. The number of aromatic nitrogens is 1. The molecule has 2 heterocycles. The van der Waals surface area contributed by atoms with Crippen LogP contribution >= 0.6 is 11.3 Å². The van der Waals surface area contributed by atoms with E-state index in [-0.39, 0.29) is 0 Å². The molecule has 1 saturated heterocycles. The molecule has 0 spiro atoms. The molecule has 0 N–H and O–H groups in total. The van der Waals surface area contributed by atoms with Gasteiger partial charge in [-0.25, -0.2) is 4.98 Å². The van der Waals surface area contributed by atoms with E-state index in [4.69, 9.17) is 9.82 Å². The highest BCUT2D eigenvalue weighted by molar-refractivity contribution is 7.18. The summed E-state index contributed by atoms with van der Waals surface area (Å²) in [5, 5.41) is 3.50. The van der Waals surface area contributed by atoms with E-state index in [1.807, 2.05) is 0 Å². The maximum atomic E-state index is 6.18. The molecule has 0 radical (unpaired) electrons. The third kappa shape index (κ3) is 2.80. The van der Waals surface area contributed by atoms with Crippen molar-refractivity contribution in [2.75, 3.05) is 6.61 Å². The fraction of sp³-hybridized carbons (Fsp3) is 0.611. The first kappa shape index (κ1) is 14.6. The largest absolute Gasteiger partial charge is 0.298 e. The van der Waals surface area contributed by atoms with E-state index in [2.05, 4.69) is 36.3 Å². The molecule has 4 heteroatoms. The molecular weight excluding hydrogens is 292 g/mol. The van der Waals surface area contributed by atoms with Crippen LogP contribution in [0.2, 0.25) is 0 Å². The van der Waals surface area contributed by atoms with Gasteiger partial charge >= 0.3 is 0 Å².